The number of anilines is 1. The highest BCUT2D eigenvalue weighted by Crippen LogP contribution is 2.32. The summed E-state index contributed by atoms with van der Waals surface area (Å²) in [6.45, 7) is 4.15. The molecule has 0 radical (unpaired) electrons. The van der Waals surface area contributed by atoms with Gasteiger partial charge in [-0.25, -0.2) is 4.68 Å². The number of aryl methyl sites for hydroxylation is 1. The number of nitrogens with one attached hydrogen (secondary N) is 1. The van der Waals surface area contributed by atoms with Crippen LogP contribution in [0, 0.1) is 5.92 Å². The Hall–Kier alpha value is -1.52. The van der Waals surface area contributed by atoms with Crippen LogP contribution in [0.3, 0.4) is 0 Å². The minimum absolute atomic E-state index is 0.0647. The Morgan fingerprint density at radius 1 is 1.24 bits per heavy atom. The Labute approximate surface area is 133 Å². The number of benzene rings is 1. The second-order valence-corrected chi connectivity index (χ2v) is 5.97. The molecule has 1 N–H and O–H groups in total. The van der Waals surface area contributed by atoms with Crippen molar-refractivity contribution in [3.05, 3.63) is 56.4 Å². The molecule has 0 saturated heterocycles. The summed E-state index contributed by atoms with van der Waals surface area (Å²) < 4.78 is 1.20. The van der Waals surface area contributed by atoms with E-state index in [1.165, 1.54) is 4.68 Å². The van der Waals surface area contributed by atoms with Crippen molar-refractivity contribution in [1.82, 2.24) is 9.78 Å². The minimum atomic E-state index is -0.330. The maximum atomic E-state index is 11.8. The van der Waals surface area contributed by atoms with Gasteiger partial charge < -0.3 is 5.32 Å². The van der Waals surface area contributed by atoms with E-state index in [9.17, 15) is 4.79 Å². The van der Waals surface area contributed by atoms with Gasteiger partial charge in [-0.1, -0.05) is 55.2 Å². The van der Waals surface area contributed by atoms with Crippen molar-refractivity contribution >= 4 is 28.9 Å². The lowest BCUT2D eigenvalue weighted by molar-refractivity contribution is 0.545. The maximum Gasteiger partial charge on any atom is 0.287 e. The lowest BCUT2D eigenvalue weighted by Crippen LogP contribution is -2.23. The number of aromatic nitrogens is 2. The fraction of sp³-hybridized carbons (Fsp3) is 0.333. The van der Waals surface area contributed by atoms with Crippen molar-refractivity contribution in [2.24, 2.45) is 13.0 Å². The molecule has 1 aromatic heterocycles. The standard InChI is InChI=1S/C15H17Cl2N3O/c1-9(2)14(10-6-4-5-7-11(10)16)19-12-8-18-20(3)15(21)13(12)17/h4-9,14,19H,1-3H3. The molecule has 1 unspecified atom stereocenters. The second kappa shape index (κ2) is 6.50. The van der Waals surface area contributed by atoms with E-state index in [0.29, 0.717) is 10.7 Å². The topological polar surface area (TPSA) is 46.9 Å². The van der Waals surface area contributed by atoms with Crippen LogP contribution in [0.25, 0.3) is 0 Å². The number of hydrogen-bond acceptors (Lipinski definition) is 3. The first kappa shape index (κ1) is 15.9. The molecule has 0 aliphatic heterocycles. The third-order valence-electron chi connectivity index (χ3n) is 3.30. The predicted octanol–water partition coefficient (Wildman–Crippen LogP) is 3.90. The highest BCUT2D eigenvalue weighted by atomic mass is 35.5. The van der Waals surface area contributed by atoms with Crippen LogP contribution in [0.2, 0.25) is 10.0 Å². The van der Waals surface area contributed by atoms with Crippen LogP contribution in [0.5, 0.6) is 0 Å². The SMILES string of the molecule is CC(C)C(Nc1cnn(C)c(=O)c1Cl)c1ccccc1Cl. The summed E-state index contributed by atoms with van der Waals surface area (Å²) >= 11 is 12.4. The number of halogens is 2. The Kier molecular flexibility index (Phi) is 4.91. The quantitative estimate of drug-likeness (QED) is 0.927. The highest BCUT2D eigenvalue weighted by molar-refractivity contribution is 6.33. The molecule has 0 fully saturated rings. The molecule has 2 rings (SSSR count). The molecule has 4 nitrogen and oxygen atoms in total. The number of rotatable bonds is 4. The third-order valence-corrected chi connectivity index (χ3v) is 4.01. The Morgan fingerprint density at radius 3 is 2.52 bits per heavy atom. The van der Waals surface area contributed by atoms with Gasteiger partial charge in [-0.2, -0.15) is 5.10 Å². The Bertz CT molecular complexity index is 698. The van der Waals surface area contributed by atoms with E-state index in [0.717, 1.165) is 5.56 Å². The normalized spacial score (nSPS) is 12.5. The van der Waals surface area contributed by atoms with Gasteiger partial charge >= 0.3 is 0 Å². The van der Waals surface area contributed by atoms with E-state index in [2.05, 4.69) is 24.3 Å². The molecule has 6 heteroatoms. The summed E-state index contributed by atoms with van der Waals surface area (Å²) in [4.78, 5) is 11.8. The summed E-state index contributed by atoms with van der Waals surface area (Å²) in [5, 5.41) is 8.08. The molecule has 0 aliphatic carbocycles. The smallest absolute Gasteiger partial charge is 0.287 e. The van der Waals surface area contributed by atoms with Crippen molar-refractivity contribution in [3.8, 4) is 0 Å². The molecule has 2 aromatic rings. The molecule has 1 heterocycles. The fourth-order valence-electron chi connectivity index (χ4n) is 2.11. The maximum absolute atomic E-state index is 11.8. The monoisotopic (exact) mass is 325 g/mol. The van der Waals surface area contributed by atoms with E-state index in [4.69, 9.17) is 23.2 Å². The van der Waals surface area contributed by atoms with Gasteiger partial charge in [-0.15, -0.1) is 0 Å². The van der Waals surface area contributed by atoms with Crippen LogP contribution in [0.15, 0.2) is 35.3 Å². The first-order valence-electron chi connectivity index (χ1n) is 6.64. The Morgan fingerprint density at radius 2 is 1.90 bits per heavy atom. The van der Waals surface area contributed by atoms with Crippen molar-refractivity contribution in [2.75, 3.05) is 5.32 Å². The van der Waals surface area contributed by atoms with Crippen molar-refractivity contribution in [2.45, 2.75) is 19.9 Å². The van der Waals surface area contributed by atoms with Gasteiger partial charge in [0.1, 0.15) is 5.02 Å². The van der Waals surface area contributed by atoms with Gasteiger partial charge in [0.05, 0.1) is 17.9 Å². The van der Waals surface area contributed by atoms with E-state index in [1.54, 1.807) is 13.2 Å². The molecule has 0 saturated carbocycles. The van der Waals surface area contributed by atoms with E-state index < -0.39 is 0 Å². The summed E-state index contributed by atoms with van der Waals surface area (Å²) in [6, 6.07) is 7.56. The largest absolute Gasteiger partial charge is 0.375 e. The molecule has 1 aromatic carbocycles. The average molecular weight is 326 g/mol. The van der Waals surface area contributed by atoms with Crippen LogP contribution < -0.4 is 10.9 Å². The minimum Gasteiger partial charge on any atom is -0.375 e. The molecule has 21 heavy (non-hydrogen) atoms. The van der Waals surface area contributed by atoms with Crippen molar-refractivity contribution in [1.29, 1.82) is 0 Å². The molecular formula is C15H17Cl2N3O. The molecule has 0 aliphatic rings. The summed E-state index contributed by atoms with van der Waals surface area (Å²) in [6.07, 6.45) is 1.55. The zero-order chi connectivity index (χ0) is 15.6. The predicted molar refractivity (Wildman–Crippen MR) is 87.1 cm³/mol. The molecular weight excluding hydrogens is 309 g/mol. The van der Waals surface area contributed by atoms with Gasteiger partial charge in [0.15, 0.2) is 0 Å². The van der Waals surface area contributed by atoms with Crippen molar-refractivity contribution < 1.29 is 0 Å². The molecule has 0 spiro atoms. The van der Waals surface area contributed by atoms with E-state index in [1.807, 2.05) is 24.3 Å². The summed E-state index contributed by atoms with van der Waals surface area (Å²) in [5.41, 5.74) is 1.15. The van der Waals surface area contributed by atoms with Crippen LogP contribution in [-0.2, 0) is 7.05 Å². The van der Waals surface area contributed by atoms with Crippen LogP contribution in [0.1, 0.15) is 25.5 Å². The van der Waals surface area contributed by atoms with Crippen LogP contribution >= 0.6 is 23.2 Å². The average Bonchev–Trinajstić information content (AvgIpc) is 2.45. The van der Waals surface area contributed by atoms with Gasteiger partial charge in [-0.3, -0.25) is 4.79 Å². The third kappa shape index (κ3) is 3.39. The van der Waals surface area contributed by atoms with Gasteiger partial charge in [-0.05, 0) is 17.5 Å². The highest BCUT2D eigenvalue weighted by Gasteiger charge is 2.20. The van der Waals surface area contributed by atoms with Gasteiger partial charge in [0, 0.05) is 12.1 Å². The van der Waals surface area contributed by atoms with Crippen LogP contribution in [0.4, 0.5) is 5.69 Å². The lowest BCUT2D eigenvalue weighted by Gasteiger charge is -2.25. The molecule has 0 amide bonds. The summed E-state index contributed by atoms with van der Waals surface area (Å²) in [7, 11) is 1.56. The first-order valence-corrected chi connectivity index (χ1v) is 7.40. The number of hydrogen-bond donors (Lipinski definition) is 1. The van der Waals surface area contributed by atoms with Crippen molar-refractivity contribution in [3.63, 3.8) is 0 Å². The number of nitrogens with zero attached hydrogens (tertiary/aromatic N) is 2. The molecule has 0 bridgehead atoms. The first-order chi connectivity index (χ1) is 9.91. The van der Waals surface area contributed by atoms with Crippen LogP contribution in [-0.4, -0.2) is 9.78 Å². The summed E-state index contributed by atoms with van der Waals surface area (Å²) in [5.74, 6) is 0.255. The molecule has 1 atom stereocenters. The van der Waals surface area contributed by atoms with E-state index in [-0.39, 0.29) is 22.5 Å². The zero-order valence-corrected chi connectivity index (χ0v) is 13.6. The molecule has 112 valence electrons. The fourth-order valence-corrected chi connectivity index (χ4v) is 2.59. The second-order valence-electron chi connectivity index (χ2n) is 5.19. The van der Waals surface area contributed by atoms with Gasteiger partial charge in [0.2, 0.25) is 0 Å². The Balaban J connectivity index is 2.41. The lowest BCUT2D eigenvalue weighted by atomic mass is 9.96. The van der Waals surface area contributed by atoms with Gasteiger partial charge in [0.25, 0.3) is 5.56 Å². The zero-order valence-electron chi connectivity index (χ0n) is 12.1. The van der Waals surface area contributed by atoms with E-state index >= 15 is 0 Å².